The predicted octanol–water partition coefficient (Wildman–Crippen LogP) is 1.34. The minimum atomic E-state index is -3.97. The first-order chi connectivity index (χ1) is 13.6. The number of aryl methyl sites for hydroxylation is 1. The van der Waals surface area contributed by atoms with E-state index in [4.69, 9.17) is 28.1 Å². The normalized spacial score (nSPS) is 12.1. The SMILES string of the molecule is Cc1ccc(OCCOCCCS(=O)(=O)O)c(OCCOCCCS(=O)(=O)O)c1. The van der Waals surface area contributed by atoms with Gasteiger partial charge in [-0.2, -0.15) is 16.8 Å². The molecule has 168 valence electrons. The molecule has 0 saturated carbocycles. The Bertz CT molecular complexity index is 806. The molecule has 0 radical (unpaired) electrons. The highest BCUT2D eigenvalue weighted by Gasteiger charge is 2.07. The third-order valence-electron chi connectivity index (χ3n) is 3.45. The molecule has 0 unspecified atom stereocenters. The van der Waals surface area contributed by atoms with Crippen LogP contribution < -0.4 is 9.47 Å². The molecule has 0 saturated heterocycles. The van der Waals surface area contributed by atoms with Gasteiger partial charge in [0.25, 0.3) is 20.2 Å². The molecule has 2 N–H and O–H groups in total. The Morgan fingerprint density at radius 3 is 1.69 bits per heavy atom. The summed E-state index contributed by atoms with van der Waals surface area (Å²) in [4.78, 5) is 0. The van der Waals surface area contributed by atoms with Crippen molar-refractivity contribution >= 4 is 20.2 Å². The average Bonchev–Trinajstić information content (AvgIpc) is 2.59. The quantitative estimate of drug-likeness (QED) is 0.276. The van der Waals surface area contributed by atoms with E-state index < -0.39 is 20.2 Å². The van der Waals surface area contributed by atoms with Gasteiger partial charge in [-0.15, -0.1) is 0 Å². The summed E-state index contributed by atoms with van der Waals surface area (Å²) in [5, 5.41) is 0. The molecule has 0 heterocycles. The molecule has 29 heavy (non-hydrogen) atoms. The fourth-order valence-electron chi connectivity index (χ4n) is 2.16. The van der Waals surface area contributed by atoms with Crippen molar-refractivity contribution in [3.05, 3.63) is 23.8 Å². The fraction of sp³-hybridized carbons (Fsp3) is 0.647. The van der Waals surface area contributed by atoms with Crippen molar-refractivity contribution in [2.75, 3.05) is 51.1 Å². The van der Waals surface area contributed by atoms with Crippen molar-refractivity contribution in [2.45, 2.75) is 19.8 Å². The molecule has 10 nitrogen and oxygen atoms in total. The molecule has 0 bridgehead atoms. The molecule has 0 spiro atoms. The maximum Gasteiger partial charge on any atom is 0.264 e. The molecule has 0 amide bonds. The van der Waals surface area contributed by atoms with E-state index in [0.29, 0.717) is 11.5 Å². The Balaban J connectivity index is 2.27. The van der Waals surface area contributed by atoms with Crippen LogP contribution in [0.15, 0.2) is 18.2 Å². The lowest BCUT2D eigenvalue weighted by Crippen LogP contribution is -2.13. The van der Waals surface area contributed by atoms with Crippen molar-refractivity contribution in [3.63, 3.8) is 0 Å². The minimum absolute atomic E-state index is 0.190. The largest absolute Gasteiger partial charge is 0.487 e. The predicted molar refractivity (Wildman–Crippen MR) is 106 cm³/mol. The van der Waals surface area contributed by atoms with Crippen LogP contribution in [-0.4, -0.2) is 77.1 Å². The second-order valence-corrected chi connectivity index (χ2v) is 9.30. The van der Waals surface area contributed by atoms with Crippen LogP contribution in [-0.2, 0) is 29.7 Å². The van der Waals surface area contributed by atoms with Crippen LogP contribution in [0, 0.1) is 6.92 Å². The zero-order valence-corrected chi connectivity index (χ0v) is 17.9. The molecule has 1 aromatic rings. The molecular weight excluding hydrogens is 428 g/mol. The number of hydrogen-bond acceptors (Lipinski definition) is 8. The smallest absolute Gasteiger partial charge is 0.264 e. The third kappa shape index (κ3) is 14.2. The molecule has 0 atom stereocenters. The van der Waals surface area contributed by atoms with Crippen molar-refractivity contribution in [2.24, 2.45) is 0 Å². The van der Waals surface area contributed by atoms with Crippen LogP contribution in [0.2, 0.25) is 0 Å². The van der Waals surface area contributed by atoms with Gasteiger partial charge in [0, 0.05) is 13.2 Å². The van der Waals surface area contributed by atoms with E-state index in [1.165, 1.54) is 0 Å². The van der Waals surface area contributed by atoms with Gasteiger partial charge in [0.05, 0.1) is 24.7 Å². The number of benzene rings is 1. The lowest BCUT2D eigenvalue weighted by atomic mass is 10.2. The number of hydrogen-bond donors (Lipinski definition) is 2. The van der Waals surface area contributed by atoms with E-state index in [2.05, 4.69) is 0 Å². The molecule has 0 aliphatic carbocycles. The summed E-state index contributed by atoms with van der Waals surface area (Å²) < 4.78 is 81.4. The van der Waals surface area contributed by atoms with Gasteiger partial charge in [-0.1, -0.05) is 6.07 Å². The third-order valence-corrected chi connectivity index (χ3v) is 5.06. The first-order valence-electron chi connectivity index (χ1n) is 8.99. The van der Waals surface area contributed by atoms with Crippen LogP contribution in [0.1, 0.15) is 18.4 Å². The topological polar surface area (TPSA) is 146 Å². The molecule has 0 aliphatic rings. The van der Waals surface area contributed by atoms with E-state index in [1.807, 2.05) is 13.0 Å². The molecule has 1 rings (SSSR count). The first-order valence-corrected chi connectivity index (χ1v) is 12.2. The highest BCUT2D eigenvalue weighted by atomic mass is 32.2. The minimum Gasteiger partial charge on any atom is -0.487 e. The Kier molecular flexibility index (Phi) is 11.5. The van der Waals surface area contributed by atoms with Crippen molar-refractivity contribution in [3.8, 4) is 11.5 Å². The van der Waals surface area contributed by atoms with E-state index in [9.17, 15) is 16.8 Å². The first kappa shape index (κ1) is 25.6. The molecule has 1 aromatic carbocycles. The van der Waals surface area contributed by atoms with Gasteiger partial charge in [0.2, 0.25) is 0 Å². The van der Waals surface area contributed by atoms with Gasteiger partial charge in [-0.05, 0) is 37.5 Å². The highest BCUT2D eigenvalue weighted by molar-refractivity contribution is 7.86. The van der Waals surface area contributed by atoms with E-state index >= 15 is 0 Å². The fourth-order valence-corrected chi connectivity index (χ4v) is 3.12. The maximum atomic E-state index is 10.6. The second-order valence-electron chi connectivity index (χ2n) is 6.15. The summed E-state index contributed by atoms with van der Waals surface area (Å²) in [6, 6.07) is 5.43. The Labute approximate surface area is 171 Å². The lowest BCUT2D eigenvalue weighted by Gasteiger charge is -2.14. The molecule has 0 aromatic heterocycles. The van der Waals surface area contributed by atoms with Gasteiger partial charge in [-0.25, -0.2) is 0 Å². The molecule has 0 fully saturated rings. The number of rotatable bonds is 16. The number of ether oxygens (including phenoxy) is 4. The Morgan fingerprint density at radius 1 is 0.724 bits per heavy atom. The van der Waals surface area contributed by atoms with Crippen molar-refractivity contribution < 1.29 is 44.9 Å². The Hall–Kier alpha value is -1.44. The summed E-state index contributed by atoms with van der Waals surface area (Å²) in [6.07, 6.45) is 0.393. The van der Waals surface area contributed by atoms with E-state index in [1.54, 1.807) is 12.1 Å². The average molecular weight is 457 g/mol. The van der Waals surface area contributed by atoms with Gasteiger partial charge in [0.15, 0.2) is 11.5 Å². The van der Waals surface area contributed by atoms with Crippen LogP contribution in [0.3, 0.4) is 0 Å². The van der Waals surface area contributed by atoms with Crippen molar-refractivity contribution in [1.82, 2.24) is 0 Å². The summed E-state index contributed by atoms with van der Waals surface area (Å²) in [6.45, 7) is 3.24. The maximum absolute atomic E-state index is 10.6. The summed E-state index contributed by atoms with van der Waals surface area (Å²) in [5.41, 5.74) is 0.975. The standard InChI is InChI=1S/C17H28O10S2/c1-15-4-5-16(26-10-8-24-6-2-12-28(18,19)20)17(14-15)27-11-9-25-7-3-13-29(21,22)23/h4-5,14H,2-3,6-13H2,1H3,(H,18,19,20)(H,21,22,23). The van der Waals surface area contributed by atoms with Crippen LogP contribution in [0.4, 0.5) is 0 Å². The Morgan fingerprint density at radius 2 is 1.21 bits per heavy atom. The molecule has 12 heteroatoms. The van der Waals surface area contributed by atoms with Crippen molar-refractivity contribution in [1.29, 1.82) is 0 Å². The van der Waals surface area contributed by atoms with Crippen LogP contribution in [0.5, 0.6) is 11.5 Å². The summed E-state index contributed by atoms with van der Waals surface area (Å²) in [7, 11) is -7.94. The summed E-state index contributed by atoms with van der Waals surface area (Å²) in [5.74, 6) is 0.352. The van der Waals surface area contributed by atoms with Gasteiger partial charge < -0.3 is 18.9 Å². The summed E-state index contributed by atoms with van der Waals surface area (Å²) >= 11 is 0. The van der Waals surface area contributed by atoms with Gasteiger partial charge >= 0.3 is 0 Å². The van der Waals surface area contributed by atoms with Crippen LogP contribution in [0.25, 0.3) is 0 Å². The van der Waals surface area contributed by atoms with E-state index in [-0.39, 0.29) is 64.0 Å². The van der Waals surface area contributed by atoms with Gasteiger partial charge in [0.1, 0.15) is 13.2 Å². The zero-order chi connectivity index (χ0) is 21.8. The second kappa shape index (κ2) is 13.0. The monoisotopic (exact) mass is 456 g/mol. The van der Waals surface area contributed by atoms with Gasteiger partial charge in [-0.3, -0.25) is 9.11 Å². The molecule has 0 aliphatic heterocycles. The highest BCUT2D eigenvalue weighted by Crippen LogP contribution is 2.28. The van der Waals surface area contributed by atoms with E-state index in [0.717, 1.165) is 5.56 Å². The van der Waals surface area contributed by atoms with Crippen LogP contribution >= 0.6 is 0 Å². The lowest BCUT2D eigenvalue weighted by molar-refractivity contribution is 0.0916. The molecular formula is C17H28O10S2. The zero-order valence-electron chi connectivity index (χ0n) is 16.3.